The number of ether oxygens (including phenoxy) is 1. The molecule has 0 saturated carbocycles. The first-order valence-electron chi connectivity index (χ1n) is 6.38. The minimum Gasteiger partial charge on any atom is -0.381 e. The van der Waals surface area contributed by atoms with Gasteiger partial charge in [-0.25, -0.2) is 0 Å². The Morgan fingerprint density at radius 3 is 2.74 bits per heavy atom. The van der Waals surface area contributed by atoms with Gasteiger partial charge < -0.3 is 15.8 Å². The van der Waals surface area contributed by atoms with Crippen molar-refractivity contribution in [1.82, 2.24) is 5.32 Å². The van der Waals surface area contributed by atoms with Crippen molar-refractivity contribution in [2.45, 2.75) is 19.9 Å². The minimum absolute atomic E-state index is 0.000417. The quantitative estimate of drug-likeness (QED) is 0.593. The highest BCUT2D eigenvalue weighted by molar-refractivity contribution is 5.75. The molecule has 102 valence electrons. The summed E-state index contributed by atoms with van der Waals surface area (Å²) < 4.78 is 5.12. The van der Waals surface area contributed by atoms with E-state index in [4.69, 9.17) is 10.5 Å². The van der Waals surface area contributed by atoms with E-state index in [-0.39, 0.29) is 5.91 Å². The first-order chi connectivity index (χ1) is 9.26. The fraction of sp³-hybridized carbons (Fsp3) is 0.400. The maximum Gasteiger partial charge on any atom is 0.222 e. The molecular formula is C15H20N2O2. The van der Waals surface area contributed by atoms with E-state index in [2.05, 4.69) is 17.2 Å². The molecule has 0 saturated heterocycles. The molecule has 4 heteroatoms. The molecule has 0 aliphatic rings. The summed E-state index contributed by atoms with van der Waals surface area (Å²) in [6, 6.07) is 7.74. The van der Waals surface area contributed by atoms with E-state index in [1.54, 1.807) is 0 Å². The Morgan fingerprint density at radius 2 is 2.11 bits per heavy atom. The summed E-state index contributed by atoms with van der Waals surface area (Å²) in [6.45, 7) is 3.90. The zero-order valence-electron chi connectivity index (χ0n) is 11.2. The Bertz CT molecular complexity index is 443. The highest BCUT2D eigenvalue weighted by Crippen LogP contribution is 2.03. The SMILES string of the molecule is CCOCCC(=O)NCc1ccc(C#CCN)cc1. The summed E-state index contributed by atoms with van der Waals surface area (Å²) in [7, 11) is 0. The van der Waals surface area contributed by atoms with Gasteiger partial charge in [0.1, 0.15) is 0 Å². The van der Waals surface area contributed by atoms with Crippen LogP contribution >= 0.6 is 0 Å². The third-order valence-electron chi connectivity index (χ3n) is 2.46. The van der Waals surface area contributed by atoms with Crippen molar-refractivity contribution >= 4 is 5.91 Å². The van der Waals surface area contributed by atoms with Crippen LogP contribution < -0.4 is 11.1 Å². The average Bonchev–Trinajstić information content (AvgIpc) is 2.44. The van der Waals surface area contributed by atoms with Gasteiger partial charge in [0.25, 0.3) is 0 Å². The fourth-order valence-electron chi connectivity index (χ4n) is 1.46. The second-order valence-corrected chi connectivity index (χ2v) is 3.93. The summed E-state index contributed by atoms with van der Waals surface area (Å²) in [5.41, 5.74) is 7.28. The first-order valence-corrected chi connectivity index (χ1v) is 6.38. The molecule has 1 amide bonds. The predicted octanol–water partition coefficient (Wildman–Crippen LogP) is 1.04. The van der Waals surface area contributed by atoms with Gasteiger partial charge in [-0.05, 0) is 24.6 Å². The van der Waals surface area contributed by atoms with Crippen molar-refractivity contribution in [2.75, 3.05) is 19.8 Å². The molecule has 1 aromatic rings. The van der Waals surface area contributed by atoms with Crippen LogP contribution in [0.1, 0.15) is 24.5 Å². The van der Waals surface area contributed by atoms with E-state index in [1.807, 2.05) is 31.2 Å². The van der Waals surface area contributed by atoms with Crippen LogP contribution in [0.15, 0.2) is 24.3 Å². The van der Waals surface area contributed by atoms with Crippen molar-refractivity contribution in [2.24, 2.45) is 5.73 Å². The predicted molar refractivity (Wildman–Crippen MR) is 75.3 cm³/mol. The molecule has 0 spiro atoms. The Kier molecular flexibility index (Phi) is 7.33. The Morgan fingerprint density at radius 1 is 1.37 bits per heavy atom. The number of carbonyl (C=O) groups excluding carboxylic acids is 1. The smallest absolute Gasteiger partial charge is 0.222 e. The van der Waals surface area contributed by atoms with Crippen LogP contribution in [0.3, 0.4) is 0 Å². The monoisotopic (exact) mass is 260 g/mol. The number of rotatable bonds is 6. The second-order valence-electron chi connectivity index (χ2n) is 3.93. The largest absolute Gasteiger partial charge is 0.381 e. The van der Waals surface area contributed by atoms with E-state index < -0.39 is 0 Å². The van der Waals surface area contributed by atoms with Crippen molar-refractivity contribution in [3.05, 3.63) is 35.4 Å². The average molecular weight is 260 g/mol. The highest BCUT2D eigenvalue weighted by atomic mass is 16.5. The number of hydrogen-bond acceptors (Lipinski definition) is 3. The molecule has 3 N–H and O–H groups in total. The number of carbonyl (C=O) groups is 1. The number of amides is 1. The Balaban J connectivity index is 2.35. The van der Waals surface area contributed by atoms with Gasteiger partial charge in [0.2, 0.25) is 5.91 Å². The van der Waals surface area contributed by atoms with Gasteiger partial charge in [-0.3, -0.25) is 4.79 Å². The summed E-state index contributed by atoms with van der Waals surface area (Å²) in [4.78, 5) is 11.5. The topological polar surface area (TPSA) is 64.3 Å². The Labute approximate surface area is 114 Å². The molecule has 1 aromatic carbocycles. The molecule has 0 unspecified atom stereocenters. The molecule has 0 radical (unpaired) electrons. The lowest BCUT2D eigenvalue weighted by Gasteiger charge is -2.05. The van der Waals surface area contributed by atoms with Crippen molar-refractivity contribution in [1.29, 1.82) is 0 Å². The third-order valence-corrected chi connectivity index (χ3v) is 2.46. The van der Waals surface area contributed by atoms with Gasteiger partial charge in [0.05, 0.1) is 13.2 Å². The van der Waals surface area contributed by atoms with E-state index in [9.17, 15) is 4.79 Å². The molecule has 1 rings (SSSR count). The minimum atomic E-state index is 0.000417. The summed E-state index contributed by atoms with van der Waals surface area (Å²) in [5, 5.41) is 2.85. The molecule has 19 heavy (non-hydrogen) atoms. The van der Waals surface area contributed by atoms with E-state index >= 15 is 0 Å². The van der Waals surface area contributed by atoms with Crippen LogP contribution in [0.5, 0.6) is 0 Å². The molecule has 0 bridgehead atoms. The lowest BCUT2D eigenvalue weighted by molar-refractivity contribution is -0.122. The zero-order chi connectivity index (χ0) is 13.9. The van der Waals surface area contributed by atoms with Gasteiger partial charge in [-0.2, -0.15) is 0 Å². The number of nitrogens with two attached hydrogens (primary N) is 1. The van der Waals surface area contributed by atoms with Crippen LogP contribution in [-0.2, 0) is 16.1 Å². The fourth-order valence-corrected chi connectivity index (χ4v) is 1.46. The maximum atomic E-state index is 11.5. The summed E-state index contributed by atoms with van der Waals surface area (Å²) in [5.74, 6) is 5.75. The van der Waals surface area contributed by atoms with Gasteiger partial charge in [0, 0.05) is 25.1 Å². The highest BCUT2D eigenvalue weighted by Gasteiger charge is 2.00. The first kappa shape index (κ1) is 15.2. The van der Waals surface area contributed by atoms with Crippen molar-refractivity contribution < 1.29 is 9.53 Å². The molecule has 0 aliphatic carbocycles. The molecule has 0 aromatic heterocycles. The second kappa shape index (κ2) is 9.15. The van der Waals surface area contributed by atoms with Gasteiger partial charge >= 0.3 is 0 Å². The van der Waals surface area contributed by atoms with E-state index in [1.165, 1.54) is 0 Å². The number of benzene rings is 1. The van der Waals surface area contributed by atoms with Gasteiger partial charge in [-0.15, -0.1) is 0 Å². The molecular weight excluding hydrogens is 240 g/mol. The van der Waals surface area contributed by atoms with Crippen LogP contribution in [-0.4, -0.2) is 25.7 Å². The van der Waals surface area contributed by atoms with Crippen LogP contribution in [0.4, 0.5) is 0 Å². The summed E-state index contributed by atoms with van der Waals surface area (Å²) >= 11 is 0. The molecule has 0 fully saturated rings. The number of nitrogens with one attached hydrogen (secondary N) is 1. The Hall–Kier alpha value is -1.83. The molecule has 0 aliphatic heterocycles. The van der Waals surface area contributed by atoms with E-state index in [0.717, 1.165) is 11.1 Å². The molecule has 0 heterocycles. The van der Waals surface area contributed by atoms with Crippen molar-refractivity contribution in [3.63, 3.8) is 0 Å². The third kappa shape index (κ3) is 6.61. The lowest BCUT2D eigenvalue weighted by Crippen LogP contribution is -2.23. The van der Waals surface area contributed by atoms with Crippen LogP contribution in [0, 0.1) is 11.8 Å². The number of hydrogen-bond donors (Lipinski definition) is 2. The molecule has 4 nitrogen and oxygen atoms in total. The van der Waals surface area contributed by atoms with Gasteiger partial charge in [-0.1, -0.05) is 24.0 Å². The standard InChI is InChI=1S/C15H20N2O2/c1-2-19-11-9-15(18)17-12-14-7-5-13(6-8-14)4-3-10-16/h5-8H,2,9-12,16H2,1H3,(H,17,18). The lowest BCUT2D eigenvalue weighted by atomic mass is 10.1. The van der Waals surface area contributed by atoms with Crippen LogP contribution in [0.25, 0.3) is 0 Å². The zero-order valence-corrected chi connectivity index (χ0v) is 11.2. The molecule has 0 atom stereocenters. The van der Waals surface area contributed by atoms with Crippen LogP contribution in [0.2, 0.25) is 0 Å². The normalized spacial score (nSPS) is 9.58. The van der Waals surface area contributed by atoms with Crippen molar-refractivity contribution in [3.8, 4) is 11.8 Å². The van der Waals surface area contributed by atoms with E-state index in [0.29, 0.717) is 32.7 Å². The van der Waals surface area contributed by atoms with Gasteiger partial charge in [0.15, 0.2) is 0 Å². The summed E-state index contributed by atoms with van der Waals surface area (Å²) in [6.07, 6.45) is 0.397. The maximum absolute atomic E-state index is 11.5.